The van der Waals surface area contributed by atoms with Gasteiger partial charge in [-0.05, 0) is 129 Å². The maximum Gasteiger partial charge on any atom is 0.0603 e. The molecule has 9 unspecified atom stereocenters. The molecule has 0 bridgehead atoms. The van der Waals surface area contributed by atoms with Crippen LogP contribution in [-0.4, -0.2) is 19.3 Å². The molecule has 5 rings (SSSR count). The Bertz CT molecular complexity index is 663. The number of ether oxygens (including phenoxy) is 1. The van der Waals surface area contributed by atoms with Crippen molar-refractivity contribution >= 4 is 0 Å². The monoisotopic (exact) mass is 415 g/mol. The molecule has 5 fully saturated rings. The Morgan fingerprint density at radius 1 is 0.800 bits per heavy atom. The van der Waals surface area contributed by atoms with Gasteiger partial charge in [0, 0.05) is 6.61 Å². The average Bonchev–Trinajstić information content (AvgIpc) is 3.15. The van der Waals surface area contributed by atoms with Gasteiger partial charge in [0.15, 0.2) is 0 Å². The molecule has 0 aliphatic heterocycles. The first-order chi connectivity index (χ1) is 14.3. The van der Waals surface area contributed by atoms with Crippen molar-refractivity contribution in [2.45, 2.75) is 111 Å². The highest BCUT2D eigenvalue weighted by Gasteiger charge is 2.68. The first-order valence-corrected chi connectivity index (χ1v) is 13.6. The number of rotatable bonds is 3. The van der Waals surface area contributed by atoms with E-state index in [4.69, 9.17) is 10.5 Å². The Morgan fingerprint density at radius 3 is 2.33 bits per heavy atom. The molecule has 0 aromatic carbocycles. The molecule has 0 spiro atoms. The predicted molar refractivity (Wildman–Crippen MR) is 125 cm³/mol. The van der Waals surface area contributed by atoms with Gasteiger partial charge < -0.3 is 10.5 Å². The number of hydrogen-bond donors (Lipinski definition) is 1. The summed E-state index contributed by atoms with van der Waals surface area (Å²) in [7, 11) is 0. The van der Waals surface area contributed by atoms with Crippen LogP contribution in [0.25, 0.3) is 0 Å². The van der Waals surface area contributed by atoms with Crippen LogP contribution >= 0.6 is 0 Å². The average molecular weight is 416 g/mol. The van der Waals surface area contributed by atoms with Gasteiger partial charge in [-0.15, -0.1) is 0 Å². The van der Waals surface area contributed by atoms with Crippen molar-refractivity contribution in [3.05, 3.63) is 0 Å². The fourth-order valence-electron chi connectivity index (χ4n) is 11.1. The fourth-order valence-corrected chi connectivity index (χ4v) is 11.1. The minimum Gasteiger partial charge on any atom is -0.378 e. The van der Waals surface area contributed by atoms with Gasteiger partial charge >= 0.3 is 0 Å². The second-order valence-electron chi connectivity index (χ2n) is 13.2. The molecule has 5 aliphatic rings. The van der Waals surface area contributed by atoms with Crippen LogP contribution in [0.3, 0.4) is 0 Å². The third-order valence-corrected chi connectivity index (χ3v) is 12.9. The van der Waals surface area contributed by atoms with E-state index >= 15 is 0 Å². The lowest BCUT2D eigenvalue weighted by molar-refractivity contribution is -0.234. The molecule has 0 amide bonds. The summed E-state index contributed by atoms with van der Waals surface area (Å²) < 4.78 is 6.21. The summed E-state index contributed by atoms with van der Waals surface area (Å²) in [6.07, 6.45) is 16.2. The lowest BCUT2D eigenvalue weighted by Gasteiger charge is -2.72. The van der Waals surface area contributed by atoms with E-state index in [1.165, 1.54) is 70.6 Å². The summed E-state index contributed by atoms with van der Waals surface area (Å²) in [6.45, 7) is 14.7. The van der Waals surface area contributed by atoms with Gasteiger partial charge in [-0.1, -0.05) is 34.1 Å². The van der Waals surface area contributed by atoms with Crippen molar-refractivity contribution in [3.8, 4) is 0 Å². The van der Waals surface area contributed by atoms with E-state index in [1.54, 1.807) is 0 Å². The van der Waals surface area contributed by atoms with E-state index in [-0.39, 0.29) is 0 Å². The zero-order chi connectivity index (χ0) is 21.4. The molecular formula is C28H49NO. The largest absolute Gasteiger partial charge is 0.378 e. The van der Waals surface area contributed by atoms with Gasteiger partial charge in [-0.2, -0.15) is 0 Å². The van der Waals surface area contributed by atoms with Crippen LogP contribution in [0, 0.1) is 51.2 Å². The zero-order valence-electron chi connectivity index (χ0n) is 20.6. The molecule has 0 aromatic rings. The summed E-state index contributed by atoms with van der Waals surface area (Å²) in [4.78, 5) is 0. The molecule has 0 radical (unpaired) electrons. The Hall–Kier alpha value is -0.0800. The van der Waals surface area contributed by atoms with Gasteiger partial charge in [0.25, 0.3) is 0 Å². The Balaban J connectivity index is 1.47. The lowest BCUT2D eigenvalue weighted by Crippen LogP contribution is -2.65. The standard InChI is InChI=1S/C28H49NO/c1-6-30-23-12-14-25(3)20(19(23)2)11-15-27(5)24(25)10-9-21-22-8-7-13-28(22,18-29)17-16-26(21,27)4/h19-24H,6-18,29H2,1-5H3/t19?,20?,21?,22?,23?,24?,25?,26-,27?,28?/m1/s1. The van der Waals surface area contributed by atoms with E-state index in [0.29, 0.717) is 27.8 Å². The van der Waals surface area contributed by atoms with Crippen LogP contribution in [0.4, 0.5) is 0 Å². The first kappa shape index (κ1) is 21.7. The van der Waals surface area contributed by atoms with E-state index in [0.717, 1.165) is 42.7 Å². The van der Waals surface area contributed by atoms with Crippen LogP contribution in [0.15, 0.2) is 0 Å². The van der Waals surface area contributed by atoms with Crippen molar-refractivity contribution < 1.29 is 4.74 Å². The molecule has 0 saturated heterocycles. The topological polar surface area (TPSA) is 35.2 Å². The minimum atomic E-state index is 0.499. The highest BCUT2D eigenvalue weighted by atomic mass is 16.5. The number of nitrogens with two attached hydrogens (primary N) is 1. The van der Waals surface area contributed by atoms with Crippen molar-refractivity contribution in [1.29, 1.82) is 0 Å². The molecular weight excluding hydrogens is 366 g/mol. The zero-order valence-corrected chi connectivity index (χ0v) is 20.6. The summed E-state index contributed by atoms with van der Waals surface area (Å²) in [5, 5.41) is 0. The molecule has 30 heavy (non-hydrogen) atoms. The molecule has 2 heteroatoms. The highest BCUT2D eigenvalue weighted by Crippen LogP contribution is 2.75. The fraction of sp³-hybridized carbons (Fsp3) is 1.00. The first-order valence-electron chi connectivity index (χ1n) is 13.6. The molecule has 5 saturated carbocycles. The summed E-state index contributed by atoms with van der Waals surface area (Å²) in [6, 6.07) is 0. The van der Waals surface area contributed by atoms with Gasteiger partial charge in [0.2, 0.25) is 0 Å². The van der Waals surface area contributed by atoms with Gasteiger partial charge in [-0.3, -0.25) is 0 Å². The van der Waals surface area contributed by atoms with Crippen LogP contribution in [-0.2, 0) is 4.74 Å². The number of hydrogen-bond acceptors (Lipinski definition) is 2. The molecule has 2 nitrogen and oxygen atoms in total. The summed E-state index contributed by atoms with van der Waals surface area (Å²) in [5.41, 5.74) is 8.52. The van der Waals surface area contributed by atoms with Crippen LogP contribution in [0.2, 0.25) is 0 Å². The SMILES string of the molecule is CCOC1CCC2(C)C(CCC3(C)C2CCC2C4CCCC4(CN)CC[C@]23C)C1C. The van der Waals surface area contributed by atoms with Gasteiger partial charge in [0.1, 0.15) is 0 Å². The highest BCUT2D eigenvalue weighted by molar-refractivity contribution is 5.17. The Labute approximate surface area is 186 Å². The van der Waals surface area contributed by atoms with Crippen molar-refractivity contribution in [1.82, 2.24) is 0 Å². The van der Waals surface area contributed by atoms with E-state index in [9.17, 15) is 0 Å². The summed E-state index contributed by atoms with van der Waals surface area (Å²) >= 11 is 0. The molecule has 2 N–H and O–H groups in total. The van der Waals surface area contributed by atoms with Crippen molar-refractivity contribution in [2.75, 3.05) is 13.2 Å². The molecule has 10 atom stereocenters. The minimum absolute atomic E-state index is 0.499. The molecule has 172 valence electrons. The van der Waals surface area contributed by atoms with E-state index in [2.05, 4.69) is 34.6 Å². The second kappa shape index (κ2) is 7.21. The smallest absolute Gasteiger partial charge is 0.0603 e. The quantitative estimate of drug-likeness (QED) is 0.549. The van der Waals surface area contributed by atoms with Crippen LogP contribution < -0.4 is 5.73 Å². The third-order valence-electron chi connectivity index (χ3n) is 12.9. The van der Waals surface area contributed by atoms with Crippen LogP contribution in [0.1, 0.15) is 105 Å². The van der Waals surface area contributed by atoms with E-state index in [1.807, 2.05) is 0 Å². The van der Waals surface area contributed by atoms with Gasteiger partial charge in [-0.25, -0.2) is 0 Å². The maximum atomic E-state index is 6.46. The Morgan fingerprint density at radius 2 is 1.60 bits per heavy atom. The van der Waals surface area contributed by atoms with Crippen molar-refractivity contribution in [2.24, 2.45) is 57.0 Å². The van der Waals surface area contributed by atoms with Gasteiger partial charge in [0.05, 0.1) is 6.10 Å². The van der Waals surface area contributed by atoms with E-state index < -0.39 is 0 Å². The summed E-state index contributed by atoms with van der Waals surface area (Å²) in [5.74, 6) is 4.33. The third kappa shape index (κ3) is 2.62. The molecule has 5 aliphatic carbocycles. The molecule has 0 heterocycles. The molecule has 0 aromatic heterocycles. The number of fused-ring (bicyclic) bond motifs is 7. The Kier molecular flexibility index (Phi) is 5.23. The predicted octanol–water partition coefficient (Wildman–Crippen LogP) is 6.82. The maximum absolute atomic E-state index is 6.46. The van der Waals surface area contributed by atoms with Crippen molar-refractivity contribution in [3.63, 3.8) is 0 Å². The second-order valence-corrected chi connectivity index (χ2v) is 13.2. The normalized spacial score (nSPS) is 57.8. The van der Waals surface area contributed by atoms with Crippen LogP contribution in [0.5, 0.6) is 0 Å². The lowest BCUT2D eigenvalue weighted by atomic mass is 9.33.